The van der Waals surface area contributed by atoms with E-state index < -0.39 is 35.9 Å². The molecule has 0 radical (unpaired) electrons. The number of anilines is 2. The quantitative estimate of drug-likeness (QED) is 0.366. The van der Waals surface area contributed by atoms with Crippen LogP contribution in [-0.4, -0.2) is 59.9 Å². The zero-order valence-electron chi connectivity index (χ0n) is 21.4. The number of rotatable bonds is 6. The molecule has 0 fully saturated rings. The van der Waals surface area contributed by atoms with E-state index in [0.29, 0.717) is 17.7 Å². The van der Waals surface area contributed by atoms with Crippen LogP contribution in [0.5, 0.6) is 0 Å². The molecule has 0 saturated heterocycles. The summed E-state index contributed by atoms with van der Waals surface area (Å²) in [5.74, 6) is -0.326. The molecule has 2 N–H and O–H groups in total. The Balaban J connectivity index is 1.37. The van der Waals surface area contributed by atoms with Crippen LogP contribution >= 0.6 is 0 Å². The largest absolute Gasteiger partial charge is 0.417 e. The molecule has 15 heteroatoms. The van der Waals surface area contributed by atoms with Gasteiger partial charge in [0.1, 0.15) is 23.3 Å². The molecular formula is C25H23F3N8O4. The molecule has 1 unspecified atom stereocenters. The minimum atomic E-state index is -4.57. The number of fused-ring (bicyclic) bond motifs is 1. The summed E-state index contributed by atoms with van der Waals surface area (Å²) in [6.07, 6.45) is -2.63. The smallest absolute Gasteiger partial charge is 0.361 e. The number of hydrogen-bond donors (Lipinski definition) is 2. The summed E-state index contributed by atoms with van der Waals surface area (Å²) < 4.78 is 45.8. The van der Waals surface area contributed by atoms with Gasteiger partial charge in [-0.25, -0.2) is 9.97 Å². The molecule has 5 rings (SSSR count). The summed E-state index contributed by atoms with van der Waals surface area (Å²) in [5, 5.41) is 17.2. The monoisotopic (exact) mass is 556 g/mol. The number of aliphatic hydroxyl groups is 1. The van der Waals surface area contributed by atoms with Crippen LogP contribution < -0.4 is 10.2 Å². The van der Waals surface area contributed by atoms with Crippen molar-refractivity contribution in [2.24, 2.45) is 0 Å². The summed E-state index contributed by atoms with van der Waals surface area (Å²) in [6.45, 7) is 3.20. The van der Waals surface area contributed by atoms with Crippen LogP contribution in [0.15, 0.2) is 53.6 Å². The van der Waals surface area contributed by atoms with Crippen LogP contribution in [-0.2, 0) is 17.5 Å². The molecule has 12 nitrogen and oxygen atoms in total. The van der Waals surface area contributed by atoms with E-state index in [4.69, 9.17) is 4.52 Å². The normalized spacial score (nSPS) is 16.2. The van der Waals surface area contributed by atoms with Gasteiger partial charge in [0.05, 0.1) is 24.1 Å². The SMILES string of the molecule is Cc1cc(CN2C(=O)c3c(ncn3[C@@H](C)C(=O)Nc3cccc(-c4cncc(C(F)(F)F)c4)n3)N(C)C2O)no1. The van der Waals surface area contributed by atoms with E-state index in [0.717, 1.165) is 11.0 Å². The van der Waals surface area contributed by atoms with Crippen LogP contribution in [0.3, 0.4) is 0 Å². The van der Waals surface area contributed by atoms with Gasteiger partial charge in [0.25, 0.3) is 5.91 Å². The lowest BCUT2D eigenvalue weighted by molar-refractivity contribution is -0.137. The van der Waals surface area contributed by atoms with Crippen molar-refractivity contribution in [3.8, 4) is 11.3 Å². The number of alkyl halides is 3. The number of halogens is 3. The number of amides is 2. The van der Waals surface area contributed by atoms with Gasteiger partial charge in [-0.2, -0.15) is 13.2 Å². The standard InChI is InChI=1S/C25H23F3N8O4/c1-13-7-17(33-40-13)11-35-23(38)20-21(34(3)24(35)39)30-12-36(20)14(2)22(37)32-19-6-4-5-18(31-19)15-8-16(10-29-9-15)25(26,27)28/h4-10,12,14,24,39H,11H2,1-3H3,(H,31,32,37)/t14-,24?/m0/s1. The Labute approximate surface area is 225 Å². The van der Waals surface area contributed by atoms with Crippen LogP contribution in [0, 0.1) is 6.92 Å². The van der Waals surface area contributed by atoms with Gasteiger partial charge >= 0.3 is 6.18 Å². The first-order valence-corrected chi connectivity index (χ1v) is 12.0. The molecule has 1 aliphatic rings. The Hall–Kier alpha value is -4.79. The first kappa shape index (κ1) is 26.8. The Bertz CT molecular complexity index is 1580. The zero-order valence-corrected chi connectivity index (χ0v) is 21.4. The van der Waals surface area contributed by atoms with E-state index in [1.165, 1.54) is 40.2 Å². The van der Waals surface area contributed by atoms with Crippen LogP contribution in [0.1, 0.15) is 40.5 Å². The van der Waals surface area contributed by atoms with Crippen molar-refractivity contribution < 1.29 is 32.4 Å². The van der Waals surface area contributed by atoms with Crippen LogP contribution in [0.4, 0.5) is 24.8 Å². The van der Waals surface area contributed by atoms with Crippen molar-refractivity contribution >= 4 is 23.5 Å². The molecule has 2 amide bonds. The molecule has 0 saturated carbocycles. The van der Waals surface area contributed by atoms with Gasteiger partial charge in [0.2, 0.25) is 12.3 Å². The minimum absolute atomic E-state index is 0.0476. The number of nitrogens with zero attached hydrogens (tertiary/aromatic N) is 7. The Morgan fingerprint density at radius 1 is 1.25 bits per heavy atom. The lowest BCUT2D eigenvalue weighted by atomic mass is 10.1. The molecule has 208 valence electrons. The van der Waals surface area contributed by atoms with Crippen molar-refractivity contribution in [2.75, 3.05) is 17.3 Å². The number of nitrogens with one attached hydrogen (secondary N) is 1. The van der Waals surface area contributed by atoms with Gasteiger partial charge in [-0.15, -0.1) is 0 Å². The highest BCUT2D eigenvalue weighted by Crippen LogP contribution is 2.32. The van der Waals surface area contributed by atoms with Gasteiger partial charge in [-0.3, -0.25) is 19.5 Å². The van der Waals surface area contributed by atoms with Crippen molar-refractivity contribution in [3.05, 3.63) is 71.8 Å². The molecule has 0 spiro atoms. The fraction of sp³-hybridized carbons (Fsp3) is 0.280. The Morgan fingerprint density at radius 2 is 2.02 bits per heavy atom. The highest BCUT2D eigenvalue weighted by atomic mass is 19.4. The molecule has 40 heavy (non-hydrogen) atoms. The van der Waals surface area contributed by atoms with E-state index in [9.17, 15) is 27.9 Å². The number of imidazole rings is 1. The number of carbonyl (C=O) groups is 2. The highest BCUT2D eigenvalue weighted by molar-refractivity contribution is 6.01. The Morgan fingerprint density at radius 3 is 2.73 bits per heavy atom. The number of hydrogen-bond acceptors (Lipinski definition) is 9. The maximum absolute atomic E-state index is 13.4. The maximum Gasteiger partial charge on any atom is 0.417 e. The predicted molar refractivity (Wildman–Crippen MR) is 134 cm³/mol. The van der Waals surface area contributed by atoms with Gasteiger partial charge in [0, 0.05) is 31.1 Å². The zero-order chi connectivity index (χ0) is 28.8. The molecule has 5 heterocycles. The predicted octanol–water partition coefficient (Wildman–Crippen LogP) is 3.22. The van der Waals surface area contributed by atoms with E-state index in [1.807, 2.05) is 0 Å². The molecular weight excluding hydrogens is 533 g/mol. The maximum atomic E-state index is 13.4. The molecule has 0 aromatic carbocycles. The fourth-order valence-corrected chi connectivity index (χ4v) is 4.25. The first-order chi connectivity index (χ1) is 18.9. The summed E-state index contributed by atoms with van der Waals surface area (Å²) in [5.41, 5.74) is -0.119. The van der Waals surface area contributed by atoms with Crippen molar-refractivity contribution in [2.45, 2.75) is 39.0 Å². The van der Waals surface area contributed by atoms with E-state index in [2.05, 4.69) is 25.4 Å². The Kier molecular flexibility index (Phi) is 6.75. The molecule has 0 aliphatic carbocycles. The number of pyridine rings is 2. The molecule has 4 aromatic rings. The van der Waals surface area contributed by atoms with Crippen molar-refractivity contribution in [1.82, 2.24) is 29.6 Å². The third-order valence-electron chi connectivity index (χ3n) is 6.36. The number of carbonyl (C=O) groups excluding carboxylic acids is 2. The molecule has 1 aliphatic heterocycles. The number of aromatic nitrogens is 5. The second-order valence-corrected chi connectivity index (χ2v) is 9.18. The van der Waals surface area contributed by atoms with Gasteiger partial charge in [-0.1, -0.05) is 11.2 Å². The second-order valence-electron chi connectivity index (χ2n) is 9.18. The van der Waals surface area contributed by atoms with E-state index in [-0.39, 0.29) is 35.1 Å². The summed E-state index contributed by atoms with van der Waals surface area (Å²) in [7, 11) is 1.55. The molecule has 4 aromatic heterocycles. The van der Waals surface area contributed by atoms with E-state index >= 15 is 0 Å². The third-order valence-corrected chi connectivity index (χ3v) is 6.36. The molecule has 0 bridgehead atoms. The second kappa shape index (κ2) is 10.1. The topological polar surface area (TPSA) is 143 Å². The lowest BCUT2D eigenvalue weighted by Crippen LogP contribution is -2.54. The highest BCUT2D eigenvalue weighted by Gasteiger charge is 2.40. The van der Waals surface area contributed by atoms with Crippen LogP contribution in [0.2, 0.25) is 0 Å². The minimum Gasteiger partial charge on any atom is -0.361 e. The number of aryl methyl sites for hydroxylation is 1. The number of aliphatic hydroxyl groups excluding tert-OH is 1. The van der Waals surface area contributed by atoms with E-state index in [1.54, 1.807) is 27.0 Å². The van der Waals surface area contributed by atoms with Crippen LogP contribution in [0.25, 0.3) is 11.3 Å². The van der Waals surface area contributed by atoms with Gasteiger partial charge < -0.3 is 24.4 Å². The van der Waals surface area contributed by atoms with Crippen molar-refractivity contribution in [3.63, 3.8) is 0 Å². The lowest BCUT2D eigenvalue weighted by Gasteiger charge is -2.38. The summed E-state index contributed by atoms with van der Waals surface area (Å²) in [4.78, 5) is 41.3. The average Bonchev–Trinajstić information content (AvgIpc) is 3.55. The molecule has 2 atom stereocenters. The van der Waals surface area contributed by atoms with Gasteiger partial charge in [0.15, 0.2) is 11.5 Å². The first-order valence-electron chi connectivity index (χ1n) is 12.0. The fourth-order valence-electron chi connectivity index (χ4n) is 4.25. The third kappa shape index (κ3) is 4.98. The van der Waals surface area contributed by atoms with Crippen molar-refractivity contribution in [1.29, 1.82) is 0 Å². The summed E-state index contributed by atoms with van der Waals surface area (Å²) in [6, 6.07) is 6.11. The van der Waals surface area contributed by atoms with Gasteiger partial charge in [-0.05, 0) is 32.0 Å². The summed E-state index contributed by atoms with van der Waals surface area (Å²) >= 11 is 0. The average molecular weight is 557 g/mol.